The fourth-order valence-corrected chi connectivity index (χ4v) is 3.78. The summed E-state index contributed by atoms with van der Waals surface area (Å²) >= 11 is 0. The second-order valence-corrected chi connectivity index (χ2v) is 8.31. The van der Waals surface area contributed by atoms with Crippen LogP contribution in [-0.2, 0) is 5.60 Å². The molecule has 0 saturated carbocycles. The molecule has 2 aromatic carbocycles. The number of aromatic nitrogens is 1. The van der Waals surface area contributed by atoms with Crippen LogP contribution in [0.1, 0.15) is 34.5 Å². The van der Waals surface area contributed by atoms with E-state index < -0.39 is 5.60 Å². The van der Waals surface area contributed by atoms with Gasteiger partial charge in [-0.15, -0.1) is 0 Å². The largest absolute Gasteiger partial charge is 0.494 e. The highest BCUT2D eigenvalue weighted by Crippen LogP contribution is 2.34. The Bertz CT molecular complexity index is 1220. The van der Waals surface area contributed by atoms with Crippen molar-refractivity contribution in [3.8, 4) is 28.5 Å². The summed E-state index contributed by atoms with van der Waals surface area (Å²) in [7, 11) is 2.96. The Morgan fingerprint density at radius 2 is 1.78 bits per heavy atom. The van der Waals surface area contributed by atoms with E-state index in [1.807, 2.05) is 0 Å². The van der Waals surface area contributed by atoms with Crippen molar-refractivity contribution >= 4 is 5.78 Å². The molecule has 0 saturated heterocycles. The first-order valence-electron chi connectivity index (χ1n) is 11.5. The lowest BCUT2D eigenvalue weighted by Gasteiger charge is -2.27. The molecule has 0 spiro atoms. The Hall–Kier alpha value is -3.53. The van der Waals surface area contributed by atoms with Crippen LogP contribution in [0.2, 0.25) is 0 Å². The molecular weight excluding hydrogens is 467 g/mol. The molecule has 1 unspecified atom stereocenters. The lowest BCUT2D eigenvalue weighted by molar-refractivity contribution is 0.0297. The number of carbonyl (C=O) groups is 1. The van der Waals surface area contributed by atoms with Crippen LogP contribution in [0.4, 0.5) is 4.39 Å². The van der Waals surface area contributed by atoms with E-state index in [-0.39, 0.29) is 49.9 Å². The molecule has 0 fully saturated rings. The fraction of sp³-hybridized carbons (Fsp3) is 0.333. The summed E-state index contributed by atoms with van der Waals surface area (Å²) in [6.07, 6.45) is 0.0149. The molecule has 9 heteroatoms. The SMILES string of the molecule is COc1cc(C(=O)CCC(O)(CN)c2ccc(OC)c(-c3ccc(F)c(C)c3)n2)ccc1OCCO. The van der Waals surface area contributed by atoms with Crippen molar-refractivity contribution in [3.63, 3.8) is 0 Å². The molecule has 3 rings (SSSR count). The average Bonchev–Trinajstić information content (AvgIpc) is 2.91. The van der Waals surface area contributed by atoms with Crippen LogP contribution in [0.25, 0.3) is 11.3 Å². The maximum atomic E-state index is 13.8. The highest BCUT2D eigenvalue weighted by atomic mass is 19.1. The summed E-state index contributed by atoms with van der Waals surface area (Å²) in [5.74, 6) is 0.662. The third-order valence-corrected chi connectivity index (χ3v) is 5.92. The van der Waals surface area contributed by atoms with Gasteiger partial charge in [0, 0.05) is 24.1 Å². The van der Waals surface area contributed by atoms with Gasteiger partial charge in [0.1, 0.15) is 29.5 Å². The average molecular weight is 499 g/mol. The van der Waals surface area contributed by atoms with E-state index in [0.717, 1.165) is 0 Å². The summed E-state index contributed by atoms with van der Waals surface area (Å²) in [6.45, 7) is 1.43. The zero-order chi connectivity index (χ0) is 26.3. The fourth-order valence-electron chi connectivity index (χ4n) is 3.78. The summed E-state index contributed by atoms with van der Waals surface area (Å²) in [6, 6.07) is 12.6. The number of rotatable bonds is 12. The molecule has 1 aromatic heterocycles. The number of hydrogen-bond acceptors (Lipinski definition) is 8. The lowest BCUT2D eigenvalue weighted by atomic mass is 9.90. The predicted octanol–water partition coefficient (Wildman–Crippen LogP) is 3.39. The topological polar surface area (TPSA) is 124 Å². The van der Waals surface area contributed by atoms with E-state index in [4.69, 9.17) is 25.1 Å². The van der Waals surface area contributed by atoms with Gasteiger partial charge < -0.3 is 30.2 Å². The number of pyridine rings is 1. The van der Waals surface area contributed by atoms with Gasteiger partial charge in [0.25, 0.3) is 0 Å². The van der Waals surface area contributed by atoms with Crippen molar-refractivity contribution in [2.45, 2.75) is 25.4 Å². The van der Waals surface area contributed by atoms with Crippen LogP contribution in [-0.4, -0.2) is 55.0 Å². The smallest absolute Gasteiger partial charge is 0.163 e. The minimum atomic E-state index is -1.58. The Morgan fingerprint density at radius 3 is 2.42 bits per heavy atom. The van der Waals surface area contributed by atoms with E-state index in [1.165, 1.54) is 20.3 Å². The first-order chi connectivity index (χ1) is 17.3. The maximum absolute atomic E-state index is 13.8. The van der Waals surface area contributed by atoms with Gasteiger partial charge in [-0.3, -0.25) is 4.79 Å². The molecule has 4 N–H and O–H groups in total. The zero-order valence-corrected chi connectivity index (χ0v) is 20.6. The molecule has 8 nitrogen and oxygen atoms in total. The van der Waals surface area contributed by atoms with Crippen molar-refractivity contribution in [2.75, 3.05) is 34.0 Å². The summed E-state index contributed by atoms with van der Waals surface area (Å²) in [4.78, 5) is 17.5. The van der Waals surface area contributed by atoms with Crippen molar-refractivity contribution in [1.29, 1.82) is 0 Å². The number of aliphatic hydroxyl groups is 2. The monoisotopic (exact) mass is 498 g/mol. The molecule has 36 heavy (non-hydrogen) atoms. The predicted molar refractivity (Wildman–Crippen MR) is 133 cm³/mol. The molecule has 192 valence electrons. The van der Waals surface area contributed by atoms with Gasteiger partial charge in [-0.2, -0.15) is 0 Å². The van der Waals surface area contributed by atoms with Crippen LogP contribution in [0, 0.1) is 12.7 Å². The molecule has 1 heterocycles. The molecule has 0 bridgehead atoms. The number of methoxy groups -OCH3 is 2. The molecular formula is C27H31FN2O6. The van der Waals surface area contributed by atoms with Gasteiger partial charge >= 0.3 is 0 Å². The highest BCUT2D eigenvalue weighted by molar-refractivity contribution is 5.96. The van der Waals surface area contributed by atoms with E-state index in [0.29, 0.717) is 39.6 Å². The third-order valence-electron chi connectivity index (χ3n) is 5.92. The van der Waals surface area contributed by atoms with Crippen LogP contribution in [0.5, 0.6) is 17.2 Å². The second kappa shape index (κ2) is 11.9. The Labute approximate surface area is 209 Å². The number of nitrogens with zero attached hydrogens (tertiary/aromatic N) is 1. The Balaban J connectivity index is 1.84. The number of ether oxygens (including phenoxy) is 3. The number of ketones is 1. The van der Waals surface area contributed by atoms with Crippen molar-refractivity contribution < 1.29 is 33.6 Å². The standard InChI is InChI=1S/C27H31FN2O6/c1-17-14-19(4-6-20(17)28)26-23(34-2)8-9-25(30-26)27(33,16-29)11-10-21(32)18-5-7-22(36-13-12-31)24(15-18)35-3/h4-9,14-15,31,33H,10-13,16,29H2,1-3H3. The van der Waals surface area contributed by atoms with Gasteiger partial charge in [-0.1, -0.05) is 0 Å². The molecule has 1 atom stereocenters. The first-order valence-corrected chi connectivity index (χ1v) is 11.5. The number of benzene rings is 2. The number of aliphatic hydroxyl groups excluding tert-OH is 1. The van der Waals surface area contributed by atoms with E-state index in [2.05, 4.69) is 4.98 Å². The minimum Gasteiger partial charge on any atom is -0.494 e. The first kappa shape index (κ1) is 27.1. The van der Waals surface area contributed by atoms with Gasteiger partial charge in [-0.25, -0.2) is 9.37 Å². The number of carbonyl (C=O) groups excluding carboxylic acids is 1. The maximum Gasteiger partial charge on any atom is 0.163 e. The molecule has 0 aliphatic heterocycles. The lowest BCUT2D eigenvalue weighted by Crippen LogP contribution is -2.36. The van der Waals surface area contributed by atoms with Crippen LogP contribution < -0.4 is 19.9 Å². The van der Waals surface area contributed by atoms with E-state index in [1.54, 1.807) is 49.4 Å². The number of halogens is 1. The van der Waals surface area contributed by atoms with Gasteiger partial charge in [-0.05, 0) is 67.4 Å². The molecule has 0 aliphatic rings. The quantitative estimate of drug-likeness (QED) is 0.325. The molecule has 0 radical (unpaired) electrons. The Kier molecular flexibility index (Phi) is 8.98. The molecule has 3 aromatic rings. The van der Waals surface area contributed by atoms with Gasteiger partial charge in [0.2, 0.25) is 0 Å². The normalized spacial score (nSPS) is 12.6. The molecule has 0 aliphatic carbocycles. The zero-order valence-electron chi connectivity index (χ0n) is 20.6. The van der Waals surface area contributed by atoms with E-state index >= 15 is 0 Å². The summed E-state index contributed by atoms with van der Waals surface area (Å²) in [5, 5.41) is 20.3. The number of aryl methyl sites for hydroxylation is 1. The van der Waals surface area contributed by atoms with Crippen LogP contribution in [0.3, 0.4) is 0 Å². The van der Waals surface area contributed by atoms with Crippen LogP contribution in [0.15, 0.2) is 48.5 Å². The van der Waals surface area contributed by atoms with Crippen molar-refractivity contribution in [2.24, 2.45) is 5.73 Å². The van der Waals surface area contributed by atoms with Gasteiger partial charge in [0.05, 0.1) is 26.5 Å². The number of nitrogens with two attached hydrogens (primary N) is 1. The number of Topliss-reactive ketones (excluding diaryl/α,β-unsaturated/α-hetero) is 1. The Morgan fingerprint density at radius 1 is 1.06 bits per heavy atom. The van der Waals surface area contributed by atoms with Gasteiger partial charge in [0.15, 0.2) is 17.3 Å². The third kappa shape index (κ3) is 5.99. The summed E-state index contributed by atoms with van der Waals surface area (Å²) < 4.78 is 29.9. The van der Waals surface area contributed by atoms with E-state index in [9.17, 15) is 14.3 Å². The van der Waals surface area contributed by atoms with Crippen molar-refractivity contribution in [1.82, 2.24) is 4.98 Å². The summed E-state index contributed by atoms with van der Waals surface area (Å²) in [5.41, 5.74) is 6.52. The minimum absolute atomic E-state index is 0.00754. The molecule has 0 amide bonds. The highest BCUT2D eigenvalue weighted by Gasteiger charge is 2.31. The van der Waals surface area contributed by atoms with Crippen LogP contribution >= 0.6 is 0 Å². The second-order valence-electron chi connectivity index (χ2n) is 8.31. The number of hydrogen-bond donors (Lipinski definition) is 3. The van der Waals surface area contributed by atoms with Crippen molar-refractivity contribution in [3.05, 3.63) is 71.2 Å².